The minimum atomic E-state index is -3.02. The number of benzene rings is 1. The molecule has 3 rings (SSSR count). The molecule has 2 aliphatic rings. The predicted molar refractivity (Wildman–Crippen MR) is 91.1 cm³/mol. The van der Waals surface area contributed by atoms with Crippen molar-refractivity contribution in [2.45, 2.75) is 19.5 Å². The Balaban J connectivity index is 1.52. The summed E-state index contributed by atoms with van der Waals surface area (Å²) >= 11 is 0. The van der Waals surface area contributed by atoms with E-state index in [2.05, 4.69) is 22.3 Å². The third-order valence-corrected chi connectivity index (χ3v) is 6.34. The van der Waals surface area contributed by atoms with Crippen molar-refractivity contribution in [1.82, 2.24) is 10.2 Å². The van der Waals surface area contributed by atoms with E-state index in [-0.39, 0.29) is 17.4 Å². The fourth-order valence-corrected chi connectivity index (χ4v) is 4.93. The highest BCUT2D eigenvalue weighted by Crippen LogP contribution is 2.18. The molecule has 0 radical (unpaired) electrons. The number of ether oxygens (including phenoxy) is 1. The average Bonchev–Trinajstić information content (AvgIpc) is 2.94. The van der Waals surface area contributed by atoms with Crippen molar-refractivity contribution in [1.29, 1.82) is 0 Å². The summed E-state index contributed by atoms with van der Waals surface area (Å²) < 4.78 is 28.3. The molecule has 1 atom stereocenters. The van der Waals surface area contributed by atoms with Crippen molar-refractivity contribution < 1.29 is 17.9 Å². The summed E-state index contributed by atoms with van der Waals surface area (Å²) in [6.45, 7) is 4.76. The Bertz CT molecular complexity index is 684. The van der Waals surface area contributed by atoms with Crippen LogP contribution in [-0.2, 0) is 32.5 Å². The number of hydrogen-bond donors (Lipinski definition) is 1. The molecule has 0 saturated carbocycles. The smallest absolute Gasteiger partial charge is 0.224 e. The van der Waals surface area contributed by atoms with Gasteiger partial charge in [0.2, 0.25) is 5.91 Å². The maximum absolute atomic E-state index is 12.1. The first-order chi connectivity index (χ1) is 11.5. The highest BCUT2D eigenvalue weighted by molar-refractivity contribution is 7.91. The van der Waals surface area contributed by atoms with Gasteiger partial charge in [0.15, 0.2) is 9.84 Å². The van der Waals surface area contributed by atoms with Crippen LogP contribution in [0.1, 0.15) is 17.5 Å². The van der Waals surface area contributed by atoms with Gasteiger partial charge in [-0.15, -0.1) is 0 Å². The first-order valence-corrected chi connectivity index (χ1v) is 10.2. The second-order valence-corrected chi connectivity index (χ2v) is 8.75. The Morgan fingerprint density at radius 2 is 2.00 bits per heavy atom. The van der Waals surface area contributed by atoms with Gasteiger partial charge in [-0.2, -0.15) is 0 Å². The topological polar surface area (TPSA) is 75.7 Å². The highest BCUT2D eigenvalue weighted by Gasteiger charge is 2.32. The summed E-state index contributed by atoms with van der Waals surface area (Å²) in [6, 6.07) is 8.16. The second-order valence-electron chi connectivity index (χ2n) is 6.53. The molecular formula is C17H24N2O4S. The zero-order chi connectivity index (χ0) is 17.0. The summed E-state index contributed by atoms with van der Waals surface area (Å²) in [5, 5.41) is 2.87. The Morgan fingerprint density at radius 3 is 2.71 bits per heavy atom. The molecule has 1 aromatic carbocycles. The maximum atomic E-state index is 12.1. The number of carbonyl (C=O) groups is 1. The number of morpholine rings is 1. The van der Waals surface area contributed by atoms with E-state index < -0.39 is 15.8 Å². The number of rotatable bonds is 5. The van der Waals surface area contributed by atoms with Crippen molar-refractivity contribution in [3.63, 3.8) is 0 Å². The van der Waals surface area contributed by atoms with Gasteiger partial charge in [0.25, 0.3) is 0 Å². The maximum Gasteiger partial charge on any atom is 0.224 e. The molecule has 1 amide bonds. The Morgan fingerprint density at radius 1 is 1.25 bits per heavy atom. The molecule has 6 nitrogen and oxygen atoms in total. The second kappa shape index (κ2) is 7.63. The third kappa shape index (κ3) is 4.78. The molecule has 132 valence electrons. The van der Waals surface area contributed by atoms with E-state index in [0.717, 1.165) is 38.4 Å². The monoisotopic (exact) mass is 352 g/mol. The highest BCUT2D eigenvalue weighted by atomic mass is 32.2. The van der Waals surface area contributed by atoms with Gasteiger partial charge in [-0.1, -0.05) is 24.3 Å². The van der Waals surface area contributed by atoms with Gasteiger partial charge >= 0.3 is 0 Å². The molecule has 1 unspecified atom stereocenters. The lowest BCUT2D eigenvalue weighted by Crippen LogP contribution is -2.35. The molecule has 2 saturated heterocycles. The summed E-state index contributed by atoms with van der Waals surface area (Å²) in [7, 11) is -3.02. The van der Waals surface area contributed by atoms with E-state index in [1.165, 1.54) is 5.56 Å². The van der Waals surface area contributed by atoms with Crippen molar-refractivity contribution in [2.24, 2.45) is 5.92 Å². The van der Waals surface area contributed by atoms with Crippen LogP contribution in [0, 0.1) is 5.92 Å². The van der Waals surface area contributed by atoms with E-state index in [9.17, 15) is 13.2 Å². The lowest BCUT2D eigenvalue weighted by molar-refractivity contribution is -0.124. The lowest BCUT2D eigenvalue weighted by atomic mass is 10.1. The number of nitrogens with zero attached hydrogens (tertiary/aromatic N) is 1. The fraction of sp³-hybridized carbons (Fsp3) is 0.588. The van der Waals surface area contributed by atoms with Gasteiger partial charge < -0.3 is 10.1 Å². The first-order valence-electron chi connectivity index (χ1n) is 8.38. The van der Waals surface area contributed by atoms with Crippen LogP contribution in [0.2, 0.25) is 0 Å². The Labute approximate surface area is 143 Å². The van der Waals surface area contributed by atoms with Crippen molar-refractivity contribution >= 4 is 15.7 Å². The van der Waals surface area contributed by atoms with Crippen LogP contribution in [-0.4, -0.2) is 57.0 Å². The van der Waals surface area contributed by atoms with Gasteiger partial charge in [-0.3, -0.25) is 9.69 Å². The van der Waals surface area contributed by atoms with Crippen LogP contribution in [0.5, 0.6) is 0 Å². The van der Waals surface area contributed by atoms with Crippen LogP contribution in [0.4, 0.5) is 0 Å². The predicted octanol–water partition coefficient (Wildman–Crippen LogP) is 0.570. The quantitative estimate of drug-likeness (QED) is 0.838. The van der Waals surface area contributed by atoms with E-state index in [1.54, 1.807) is 0 Å². The van der Waals surface area contributed by atoms with E-state index in [0.29, 0.717) is 13.0 Å². The molecule has 0 spiro atoms. The molecule has 7 heteroatoms. The van der Waals surface area contributed by atoms with Crippen molar-refractivity contribution in [2.75, 3.05) is 37.8 Å². The van der Waals surface area contributed by atoms with Crippen LogP contribution in [0.15, 0.2) is 24.3 Å². The summed E-state index contributed by atoms with van der Waals surface area (Å²) in [6.07, 6.45) is 0.436. The Kier molecular flexibility index (Phi) is 5.53. The molecule has 0 aromatic heterocycles. The van der Waals surface area contributed by atoms with Gasteiger partial charge in [-0.05, 0) is 17.5 Å². The largest absolute Gasteiger partial charge is 0.379 e. The Hall–Kier alpha value is -1.44. The number of amides is 1. The van der Waals surface area contributed by atoms with E-state index in [1.807, 2.05) is 12.1 Å². The molecule has 2 aliphatic heterocycles. The molecule has 1 aromatic rings. The van der Waals surface area contributed by atoms with Crippen molar-refractivity contribution in [3.8, 4) is 0 Å². The summed E-state index contributed by atoms with van der Waals surface area (Å²) in [4.78, 5) is 14.5. The average molecular weight is 352 g/mol. The zero-order valence-electron chi connectivity index (χ0n) is 13.7. The van der Waals surface area contributed by atoms with Crippen LogP contribution < -0.4 is 5.32 Å². The minimum absolute atomic E-state index is 0.0180. The molecule has 24 heavy (non-hydrogen) atoms. The molecule has 1 N–H and O–H groups in total. The molecule has 0 bridgehead atoms. The SMILES string of the molecule is O=C(NCc1cccc(CN2CCOCC2)c1)C1CCS(=O)(=O)C1. The lowest BCUT2D eigenvalue weighted by Gasteiger charge is -2.26. The third-order valence-electron chi connectivity index (χ3n) is 4.57. The number of sulfone groups is 1. The van der Waals surface area contributed by atoms with Crippen LogP contribution >= 0.6 is 0 Å². The molecule has 0 aliphatic carbocycles. The van der Waals surface area contributed by atoms with E-state index >= 15 is 0 Å². The van der Waals surface area contributed by atoms with Crippen LogP contribution in [0.3, 0.4) is 0 Å². The van der Waals surface area contributed by atoms with E-state index in [4.69, 9.17) is 4.74 Å². The van der Waals surface area contributed by atoms with Gasteiger partial charge in [0.1, 0.15) is 0 Å². The first kappa shape index (κ1) is 17.4. The normalized spacial score (nSPS) is 23.9. The summed E-state index contributed by atoms with van der Waals surface area (Å²) in [5.74, 6) is -0.447. The molecule has 2 heterocycles. The van der Waals surface area contributed by atoms with Crippen molar-refractivity contribution in [3.05, 3.63) is 35.4 Å². The van der Waals surface area contributed by atoms with Gasteiger partial charge in [-0.25, -0.2) is 8.42 Å². The standard InChI is InChI=1S/C17H24N2O4S/c20-17(16-4-9-24(21,22)13-16)18-11-14-2-1-3-15(10-14)12-19-5-7-23-8-6-19/h1-3,10,16H,4-9,11-13H2,(H,18,20). The number of hydrogen-bond acceptors (Lipinski definition) is 5. The van der Waals surface area contributed by atoms with Gasteiger partial charge in [0, 0.05) is 26.2 Å². The molecular weight excluding hydrogens is 328 g/mol. The van der Waals surface area contributed by atoms with Gasteiger partial charge in [0.05, 0.1) is 30.6 Å². The number of nitrogens with one attached hydrogen (secondary N) is 1. The van der Waals surface area contributed by atoms with Crippen LogP contribution in [0.25, 0.3) is 0 Å². The number of carbonyl (C=O) groups excluding carboxylic acids is 1. The zero-order valence-corrected chi connectivity index (χ0v) is 14.6. The molecule has 2 fully saturated rings. The summed E-state index contributed by atoms with van der Waals surface area (Å²) in [5.41, 5.74) is 2.25. The fourth-order valence-electron chi connectivity index (χ4n) is 3.19. The minimum Gasteiger partial charge on any atom is -0.379 e.